The predicted molar refractivity (Wildman–Crippen MR) is 61.1 cm³/mol. The van der Waals surface area contributed by atoms with E-state index >= 15 is 0 Å². The van der Waals surface area contributed by atoms with E-state index in [4.69, 9.17) is 11.6 Å². The van der Waals surface area contributed by atoms with E-state index in [1.54, 1.807) is 6.07 Å². The molecule has 0 aliphatic rings. The molecule has 0 saturated carbocycles. The highest BCUT2D eigenvalue weighted by molar-refractivity contribution is 6.29. The van der Waals surface area contributed by atoms with Crippen molar-refractivity contribution in [3.05, 3.63) is 17.5 Å². The molecule has 84 valence electrons. The van der Waals surface area contributed by atoms with Gasteiger partial charge < -0.3 is 10.4 Å². The van der Waals surface area contributed by atoms with Crippen LogP contribution in [-0.2, 0) is 0 Å². The Morgan fingerprint density at radius 3 is 2.60 bits per heavy atom. The highest BCUT2D eigenvalue weighted by atomic mass is 35.5. The number of aromatic nitrogens is 2. The summed E-state index contributed by atoms with van der Waals surface area (Å²) in [7, 11) is 0. The zero-order chi connectivity index (χ0) is 11.3. The van der Waals surface area contributed by atoms with Crippen LogP contribution in [0.3, 0.4) is 0 Å². The average molecular weight is 230 g/mol. The Kier molecular flexibility index (Phi) is 4.29. The number of hydrogen-bond acceptors (Lipinski definition) is 4. The first kappa shape index (κ1) is 12.2. The molecule has 0 atom stereocenters. The largest absolute Gasteiger partial charge is 0.388 e. The lowest BCUT2D eigenvalue weighted by Gasteiger charge is -2.25. The van der Waals surface area contributed by atoms with Gasteiger partial charge in [0.05, 0.1) is 5.60 Å². The average Bonchev–Trinajstić information content (AvgIpc) is 2.26. The highest BCUT2D eigenvalue weighted by Crippen LogP contribution is 2.16. The lowest BCUT2D eigenvalue weighted by molar-refractivity contribution is 0.0456. The number of nitrogens with zero attached hydrogens (tertiary/aromatic N) is 2. The van der Waals surface area contributed by atoms with Gasteiger partial charge in [0.15, 0.2) is 0 Å². The van der Waals surface area contributed by atoms with Crippen LogP contribution in [0.4, 0.5) is 5.82 Å². The third kappa shape index (κ3) is 3.64. The quantitative estimate of drug-likeness (QED) is 0.760. The maximum Gasteiger partial charge on any atom is 0.134 e. The fraction of sp³-hybridized carbons (Fsp3) is 0.600. The van der Waals surface area contributed by atoms with Crippen LogP contribution in [0.1, 0.15) is 26.7 Å². The molecule has 1 rings (SSSR count). The van der Waals surface area contributed by atoms with Crippen LogP contribution in [0.25, 0.3) is 0 Å². The molecular weight excluding hydrogens is 214 g/mol. The van der Waals surface area contributed by atoms with Gasteiger partial charge in [0.2, 0.25) is 0 Å². The van der Waals surface area contributed by atoms with E-state index in [9.17, 15) is 5.11 Å². The normalized spacial score (nSPS) is 11.5. The second-order valence-corrected chi connectivity index (χ2v) is 3.90. The molecule has 1 heterocycles. The molecule has 0 saturated heterocycles. The van der Waals surface area contributed by atoms with Gasteiger partial charge in [0, 0.05) is 12.6 Å². The van der Waals surface area contributed by atoms with E-state index in [0.717, 1.165) is 0 Å². The second kappa shape index (κ2) is 5.28. The van der Waals surface area contributed by atoms with Crippen LogP contribution >= 0.6 is 11.6 Å². The summed E-state index contributed by atoms with van der Waals surface area (Å²) in [5, 5.41) is 13.5. The fourth-order valence-corrected chi connectivity index (χ4v) is 1.33. The number of hydrogen-bond donors (Lipinski definition) is 2. The molecule has 0 unspecified atom stereocenters. The summed E-state index contributed by atoms with van der Waals surface area (Å²) in [4.78, 5) is 7.77. The van der Waals surface area contributed by atoms with E-state index in [0.29, 0.717) is 30.4 Å². The van der Waals surface area contributed by atoms with Crippen molar-refractivity contribution in [1.82, 2.24) is 9.97 Å². The maximum atomic E-state index is 10.0. The van der Waals surface area contributed by atoms with Crippen LogP contribution in [-0.4, -0.2) is 27.2 Å². The summed E-state index contributed by atoms with van der Waals surface area (Å²) < 4.78 is 0. The Balaban J connectivity index is 2.56. The van der Waals surface area contributed by atoms with Crippen molar-refractivity contribution in [1.29, 1.82) is 0 Å². The Hall–Kier alpha value is -0.870. The molecule has 0 amide bonds. The molecule has 0 fully saturated rings. The second-order valence-electron chi connectivity index (χ2n) is 3.51. The summed E-state index contributed by atoms with van der Waals surface area (Å²) in [6, 6.07) is 1.63. The van der Waals surface area contributed by atoms with E-state index in [1.165, 1.54) is 6.33 Å². The van der Waals surface area contributed by atoms with Crippen molar-refractivity contribution in [3.63, 3.8) is 0 Å². The van der Waals surface area contributed by atoms with Gasteiger partial charge in [-0.05, 0) is 12.8 Å². The molecule has 1 aromatic rings. The van der Waals surface area contributed by atoms with E-state index in [1.807, 2.05) is 13.8 Å². The van der Waals surface area contributed by atoms with Gasteiger partial charge in [-0.25, -0.2) is 9.97 Å². The molecule has 0 radical (unpaired) electrons. The Bertz CT molecular complexity index is 315. The van der Waals surface area contributed by atoms with Gasteiger partial charge in [0.25, 0.3) is 0 Å². The topological polar surface area (TPSA) is 58.0 Å². The van der Waals surface area contributed by atoms with Gasteiger partial charge in [0.1, 0.15) is 17.3 Å². The standard InChI is InChI=1S/C10H16ClN3O/c1-3-10(15,4-2)6-12-9-5-8(11)13-7-14-9/h5,7,15H,3-4,6H2,1-2H3,(H,12,13,14). The molecule has 2 N–H and O–H groups in total. The first-order chi connectivity index (χ1) is 7.09. The first-order valence-electron chi connectivity index (χ1n) is 5.03. The van der Waals surface area contributed by atoms with Gasteiger partial charge in [-0.3, -0.25) is 0 Å². The smallest absolute Gasteiger partial charge is 0.134 e. The number of rotatable bonds is 5. The minimum Gasteiger partial charge on any atom is -0.388 e. The fourth-order valence-electron chi connectivity index (χ4n) is 1.19. The molecule has 0 aromatic carbocycles. The van der Waals surface area contributed by atoms with Crippen molar-refractivity contribution >= 4 is 17.4 Å². The van der Waals surface area contributed by atoms with Crippen molar-refractivity contribution < 1.29 is 5.11 Å². The van der Waals surface area contributed by atoms with Crippen LogP contribution in [0.5, 0.6) is 0 Å². The SMILES string of the molecule is CCC(O)(CC)CNc1cc(Cl)ncn1. The van der Waals surface area contributed by atoms with Crippen molar-refractivity contribution in [2.75, 3.05) is 11.9 Å². The minimum atomic E-state index is -0.683. The monoisotopic (exact) mass is 229 g/mol. The summed E-state index contributed by atoms with van der Waals surface area (Å²) in [6.45, 7) is 4.38. The zero-order valence-corrected chi connectivity index (χ0v) is 9.75. The van der Waals surface area contributed by atoms with E-state index in [-0.39, 0.29) is 0 Å². The summed E-state index contributed by atoms with van der Waals surface area (Å²) >= 11 is 5.71. The molecule has 4 nitrogen and oxygen atoms in total. The number of anilines is 1. The van der Waals surface area contributed by atoms with Crippen molar-refractivity contribution in [2.45, 2.75) is 32.3 Å². The van der Waals surface area contributed by atoms with Crippen LogP contribution in [0.2, 0.25) is 5.15 Å². The van der Waals surface area contributed by atoms with Gasteiger partial charge in [-0.15, -0.1) is 0 Å². The number of halogens is 1. The number of aliphatic hydroxyl groups is 1. The Morgan fingerprint density at radius 2 is 2.07 bits per heavy atom. The van der Waals surface area contributed by atoms with Gasteiger partial charge in [-0.2, -0.15) is 0 Å². The van der Waals surface area contributed by atoms with Gasteiger partial charge >= 0.3 is 0 Å². The molecule has 0 bridgehead atoms. The minimum absolute atomic E-state index is 0.393. The molecule has 0 aliphatic heterocycles. The van der Waals surface area contributed by atoms with Gasteiger partial charge in [-0.1, -0.05) is 25.4 Å². The summed E-state index contributed by atoms with van der Waals surface area (Å²) in [6.07, 6.45) is 2.80. The molecule has 0 aliphatic carbocycles. The first-order valence-corrected chi connectivity index (χ1v) is 5.41. The lowest BCUT2D eigenvalue weighted by atomic mass is 9.98. The third-order valence-electron chi connectivity index (χ3n) is 2.55. The summed E-state index contributed by atoms with van der Waals surface area (Å²) in [5.74, 6) is 0.635. The van der Waals surface area contributed by atoms with E-state index in [2.05, 4.69) is 15.3 Å². The number of nitrogens with one attached hydrogen (secondary N) is 1. The molecule has 1 aromatic heterocycles. The van der Waals surface area contributed by atoms with E-state index < -0.39 is 5.60 Å². The Labute approximate surface area is 94.7 Å². The van der Waals surface area contributed by atoms with Crippen molar-refractivity contribution in [2.24, 2.45) is 0 Å². The van der Waals surface area contributed by atoms with Crippen LogP contribution < -0.4 is 5.32 Å². The van der Waals surface area contributed by atoms with Crippen LogP contribution in [0, 0.1) is 0 Å². The predicted octanol–water partition coefficient (Wildman–Crippen LogP) is 2.09. The molecule has 0 spiro atoms. The molecule has 15 heavy (non-hydrogen) atoms. The molecular formula is C10H16ClN3O. The maximum absolute atomic E-state index is 10.0. The Morgan fingerprint density at radius 1 is 1.40 bits per heavy atom. The highest BCUT2D eigenvalue weighted by Gasteiger charge is 2.21. The van der Waals surface area contributed by atoms with Crippen molar-refractivity contribution in [3.8, 4) is 0 Å². The lowest BCUT2D eigenvalue weighted by Crippen LogP contribution is -2.35. The zero-order valence-electron chi connectivity index (χ0n) is 9.00. The van der Waals surface area contributed by atoms with Crippen LogP contribution in [0.15, 0.2) is 12.4 Å². The summed E-state index contributed by atoms with van der Waals surface area (Å²) in [5.41, 5.74) is -0.683. The third-order valence-corrected chi connectivity index (χ3v) is 2.76. The molecule has 5 heteroatoms.